The number of hydrogen-bond donors (Lipinski definition) is 1. The molecule has 3 unspecified atom stereocenters. The maximum absolute atomic E-state index is 4.79. The lowest BCUT2D eigenvalue weighted by molar-refractivity contribution is 0.408. The number of hydrogen-bond acceptors (Lipinski definition) is 2. The number of fused-ring (bicyclic) bond motifs is 2. The van der Waals surface area contributed by atoms with Crippen molar-refractivity contribution in [2.24, 2.45) is 24.8 Å². The Balaban J connectivity index is 1.59. The minimum Gasteiger partial charge on any atom is -0.314 e. The average molecular weight is 283 g/mol. The van der Waals surface area contributed by atoms with Gasteiger partial charge in [0.2, 0.25) is 0 Å². The maximum atomic E-state index is 4.79. The highest BCUT2D eigenvalue weighted by Gasteiger charge is 2.55. The van der Waals surface area contributed by atoms with Gasteiger partial charge in [-0.25, -0.2) is 0 Å². The molecule has 2 aliphatic rings. The van der Waals surface area contributed by atoms with Crippen LogP contribution in [0.3, 0.4) is 0 Å². The van der Waals surface area contributed by atoms with Crippen LogP contribution in [0.15, 0.2) is 24.3 Å². The van der Waals surface area contributed by atoms with E-state index in [4.69, 9.17) is 5.10 Å². The van der Waals surface area contributed by atoms with Crippen molar-refractivity contribution in [1.29, 1.82) is 0 Å². The lowest BCUT2D eigenvalue weighted by Gasteiger charge is -2.19. The van der Waals surface area contributed by atoms with E-state index >= 15 is 0 Å². The summed E-state index contributed by atoms with van der Waals surface area (Å²) in [6.45, 7) is 3.28. The zero-order valence-electron chi connectivity index (χ0n) is 13.0. The van der Waals surface area contributed by atoms with Gasteiger partial charge in [0.05, 0.1) is 11.2 Å². The molecule has 4 rings (SSSR count). The van der Waals surface area contributed by atoms with Crippen LogP contribution in [0.5, 0.6) is 0 Å². The Kier molecular flexibility index (Phi) is 3.26. The lowest BCUT2D eigenvalue weighted by Crippen LogP contribution is -2.34. The Hall–Kier alpha value is -1.35. The normalized spacial score (nSPS) is 28.8. The molecule has 1 N–H and O–H groups in total. The van der Waals surface area contributed by atoms with E-state index in [1.54, 1.807) is 0 Å². The van der Waals surface area contributed by atoms with Crippen molar-refractivity contribution in [2.75, 3.05) is 6.54 Å². The highest BCUT2D eigenvalue weighted by molar-refractivity contribution is 5.81. The Morgan fingerprint density at radius 3 is 2.81 bits per heavy atom. The van der Waals surface area contributed by atoms with Gasteiger partial charge in [-0.1, -0.05) is 31.5 Å². The van der Waals surface area contributed by atoms with Crippen LogP contribution in [-0.4, -0.2) is 22.4 Å². The highest BCUT2D eigenvalue weighted by atomic mass is 15.3. The Morgan fingerprint density at radius 2 is 2.05 bits per heavy atom. The first-order chi connectivity index (χ1) is 10.3. The van der Waals surface area contributed by atoms with Gasteiger partial charge in [0, 0.05) is 24.9 Å². The first-order valence-electron chi connectivity index (χ1n) is 8.43. The molecule has 2 fully saturated rings. The van der Waals surface area contributed by atoms with E-state index in [1.165, 1.54) is 35.9 Å². The molecule has 2 aliphatic carbocycles. The van der Waals surface area contributed by atoms with E-state index in [2.05, 4.69) is 43.6 Å². The summed E-state index contributed by atoms with van der Waals surface area (Å²) in [6, 6.07) is 9.22. The first kappa shape index (κ1) is 13.3. The van der Waals surface area contributed by atoms with Crippen molar-refractivity contribution in [3.63, 3.8) is 0 Å². The van der Waals surface area contributed by atoms with E-state index in [-0.39, 0.29) is 0 Å². The van der Waals surface area contributed by atoms with E-state index in [0.29, 0.717) is 6.04 Å². The summed E-state index contributed by atoms with van der Waals surface area (Å²) in [5.74, 6) is 2.91. The molecule has 3 nitrogen and oxygen atoms in total. The lowest BCUT2D eigenvalue weighted by atomic mass is 9.98. The second-order valence-electron chi connectivity index (χ2n) is 6.79. The predicted octanol–water partition coefficient (Wildman–Crippen LogP) is 3.14. The topological polar surface area (TPSA) is 29.9 Å². The van der Waals surface area contributed by atoms with Crippen LogP contribution in [0.2, 0.25) is 0 Å². The first-order valence-corrected chi connectivity index (χ1v) is 8.43. The average Bonchev–Trinajstić information content (AvgIpc) is 2.83. The summed E-state index contributed by atoms with van der Waals surface area (Å²) in [5, 5.41) is 9.87. The van der Waals surface area contributed by atoms with E-state index < -0.39 is 0 Å². The van der Waals surface area contributed by atoms with Gasteiger partial charge in [-0.3, -0.25) is 4.68 Å². The summed E-state index contributed by atoms with van der Waals surface area (Å²) in [5.41, 5.74) is 2.52. The Morgan fingerprint density at radius 1 is 1.29 bits per heavy atom. The monoisotopic (exact) mass is 283 g/mol. The van der Waals surface area contributed by atoms with Crippen molar-refractivity contribution in [1.82, 2.24) is 15.1 Å². The Labute approximate surface area is 126 Å². The molecule has 0 aliphatic heterocycles. The standard InChI is InChI=1S/C18H25N3/c1-3-19-16(18-12-8-6-9-13(12)18)11-15-14-7-4-5-10-17(14)21(2)20-15/h4-5,7,10,12-13,16,18-19H,3,6,8-9,11H2,1-2H3. The fourth-order valence-corrected chi connectivity index (χ4v) is 4.73. The third-order valence-electron chi connectivity index (χ3n) is 5.65. The molecule has 0 bridgehead atoms. The molecule has 0 amide bonds. The molecular formula is C18H25N3. The minimum absolute atomic E-state index is 0.614. The van der Waals surface area contributed by atoms with Crippen LogP contribution in [-0.2, 0) is 13.5 Å². The summed E-state index contributed by atoms with van der Waals surface area (Å²) < 4.78 is 2.03. The SMILES string of the molecule is CCNC(Cc1nn(C)c2ccccc12)C1C2CCCC21. The molecule has 2 aromatic rings. The zero-order valence-corrected chi connectivity index (χ0v) is 13.0. The van der Waals surface area contributed by atoms with Crippen LogP contribution in [0.1, 0.15) is 31.9 Å². The molecule has 1 heterocycles. The van der Waals surface area contributed by atoms with Gasteiger partial charge >= 0.3 is 0 Å². The summed E-state index contributed by atoms with van der Waals surface area (Å²) in [6.07, 6.45) is 5.45. The van der Waals surface area contributed by atoms with Crippen LogP contribution < -0.4 is 5.32 Å². The number of rotatable bonds is 5. The Bertz CT molecular complexity index is 635. The second kappa shape index (κ2) is 5.13. The summed E-state index contributed by atoms with van der Waals surface area (Å²) in [4.78, 5) is 0. The second-order valence-corrected chi connectivity index (χ2v) is 6.79. The molecule has 2 saturated carbocycles. The molecule has 0 spiro atoms. The zero-order chi connectivity index (χ0) is 14.4. The van der Waals surface area contributed by atoms with Crippen LogP contribution >= 0.6 is 0 Å². The van der Waals surface area contributed by atoms with Crippen LogP contribution in [0.25, 0.3) is 10.9 Å². The summed E-state index contributed by atoms with van der Waals surface area (Å²) in [7, 11) is 2.06. The van der Waals surface area contributed by atoms with E-state index in [1.807, 2.05) is 4.68 Å². The molecule has 21 heavy (non-hydrogen) atoms. The third-order valence-corrected chi connectivity index (χ3v) is 5.65. The van der Waals surface area contributed by atoms with Crippen molar-refractivity contribution in [2.45, 2.75) is 38.6 Å². The largest absolute Gasteiger partial charge is 0.314 e. The maximum Gasteiger partial charge on any atom is 0.0718 e. The van der Waals surface area contributed by atoms with Crippen molar-refractivity contribution < 1.29 is 0 Å². The smallest absolute Gasteiger partial charge is 0.0718 e. The molecule has 3 heteroatoms. The number of likely N-dealkylation sites (N-methyl/N-ethyl adjacent to an activating group) is 1. The molecule has 1 aromatic heterocycles. The molecule has 0 radical (unpaired) electrons. The fraction of sp³-hybridized carbons (Fsp3) is 0.611. The van der Waals surface area contributed by atoms with Gasteiger partial charge in [0.25, 0.3) is 0 Å². The molecule has 112 valence electrons. The van der Waals surface area contributed by atoms with Gasteiger partial charge in [0.15, 0.2) is 0 Å². The van der Waals surface area contributed by atoms with Gasteiger partial charge in [-0.05, 0) is 43.2 Å². The van der Waals surface area contributed by atoms with Crippen molar-refractivity contribution in [3.05, 3.63) is 30.0 Å². The quantitative estimate of drug-likeness (QED) is 0.913. The van der Waals surface area contributed by atoms with E-state index in [0.717, 1.165) is 30.7 Å². The molecule has 0 saturated heterocycles. The third kappa shape index (κ3) is 2.18. The molecule has 3 atom stereocenters. The van der Waals surface area contributed by atoms with Crippen molar-refractivity contribution in [3.8, 4) is 0 Å². The summed E-state index contributed by atoms with van der Waals surface area (Å²) >= 11 is 0. The molecule has 1 aromatic carbocycles. The van der Waals surface area contributed by atoms with E-state index in [9.17, 15) is 0 Å². The van der Waals surface area contributed by atoms with Gasteiger partial charge < -0.3 is 5.32 Å². The number of aromatic nitrogens is 2. The van der Waals surface area contributed by atoms with Crippen molar-refractivity contribution >= 4 is 10.9 Å². The van der Waals surface area contributed by atoms with Crippen LogP contribution in [0.4, 0.5) is 0 Å². The number of nitrogens with one attached hydrogen (secondary N) is 1. The number of para-hydroxylation sites is 1. The van der Waals surface area contributed by atoms with Gasteiger partial charge in [-0.15, -0.1) is 0 Å². The fourth-order valence-electron chi connectivity index (χ4n) is 4.73. The van der Waals surface area contributed by atoms with Gasteiger partial charge in [-0.2, -0.15) is 5.10 Å². The van der Waals surface area contributed by atoms with Crippen LogP contribution in [0, 0.1) is 17.8 Å². The highest BCUT2D eigenvalue weighted by Crippen LogP contribution is 2.59. The molecular weight excluding hydrogens is 258 g/mol. The number of benzene rings is 1. The minimum atomic E-state index is 0.614. The predicted molar refractivity (Wildman–Crippen MR) is 86.2 cm³/mol. The number of aryl methyl sites for hydroxylation is 1. The number of nitrogens with zero attached hydrogens (tertiary/aromatic N) is 2. The van der Waals surface area contributed by atoms with Gasteiger partial charge in [0.1, 0.15) is 0 Å².